The average molecular weight is 435 g/mol. The Balaban J connectivity index is 1.85. The van der Waals surface area contributed by atoms with Crippen molar-refractivity contribution in [3.8, 4) is 11.3 Å². The second-order valence-corrected chi connectivity index (χ2v) is 6.86. The van der Waals surface area contributed by atoms with E-state index in [1.54, 1.807) is 48.5 Å². The van der Waals surface area contributed by atoms with Crippen LogP contribution in [0.4, 0.5) is 5.69 Å². The van der Waals surface area contributed by atoms with Crippen LogP contribution in [0.5, 0.6) is 0 Å². The Morgan fingerprint density at radius 3 is 2.38 bits per heavy atom. The molecule has 0 aliphatic heterocycles. The summed E-state index contributed by atoms with van der Waals surface area (Å²) in [5.41, 5.74) is 1.88. The highest BCUT2D eigenvalue weighted by atomic mass is 16.6. The Hall–Kier alpha value is -4.24. The van der Waals surface area contributed by atoms with Gasteiger partial charge in [-0.3, -0.25) is 19.7 Å². The molecule has 0 aliphatic carbocycles. The Labute approximate surface area is 183 Å². The summed E-state index contributed by atoms with van der Waals surface area (Å²) in [6.07, 6.45) is 1.37. The molecule has 1 heterocycles. The lowest BCUT2D eigenvalue weighted by Crippen LogP contribution is -2.36. The molecular weight excluding hydrogens is 414 g/mol. The zero-order valence-electron chi connectivity index (χ0n) is 17.2. The van der Waals surface area contributed by atoms with Gasteiger partial charge in [0.2, 0.25) is 0 Å². The molecule has 3 rings (SSSR count). The highest BCUT2D eigenvalue weighted by Crippen LogP contribution is 2.25. The monoisotopic (exact) mass is 435 g/mol. The number of non-ortho nitro benzene ring substituents is 1. The second-order valence-electron chi connectivity index (χ2n) is 6.86. The Morgan fingerprint density at radius 1 is 1.06 bits per heavy atom. The van der Waals surface area contributed by atoms with Crippen molar-refractivity contribution in [3.05, 3.63) is 93.4 Å². The number of aliphatic hydroxyl groups excluding tert-OH is 1. The molecule has 0 radical (unpaired) electrons. The number of nitrogens with one attached hydrogen (secondary N) is 2. The fourth-order valence-electron chi connectivity index (χ4n) is 2.80. The van der Waals surface area contributed by atoms with Gasteiger partial charge in [0.05, 0.1) is 11.5 Å². The SMILES string of the molecule is Cc1ccc(C(=O)NC(=Cc2ccc(-c3ccc([N+](=O)[O-])cc3)o2)C(=O)NCCO)cc1. The number of nitro groups is 1. The summed E-state index contributed by atoms with van der Waals surface area (Å²) in [4.78, 5) is 35.4. The van der Waals surface area contributed by atoms with E-state index < -0.39 is 16.7 Å². The van der Waals surface area contributed by atoms with E-state index in [9.17, 15) is 19.7 Å². The zero-order valence-corrected chi connectivity index (χ0v) is 17.2. The molecule has 2 aromatic carbocycles. The largest absolute Gasteiger partial charge is 0.457 e. The second kappa shape index (κ2) is 10.2. The van der Waals surface area contributed by atoms with Crippen molar-refractivity contribution in [2.45, 2.75) is 6.92 Å². The Kier molecular flexibility index (Phi) is 7.14. The first kappa shape index (κ1) is 22.4. The summed E-state index contributed by atoms with van der Waals surface area (Å²) >= 11 is 0. The van der Waals surface area contributed by atoms with Crippen LogP contribution in [0.15, 0.2) is 70.8 Å². The summed E-state index contributed by atoms with van der Waals surface area (Å²) in [5.74, 6) is -0.340. The number of benzene rings is 2. The van der Waals surface area contributed by atoms with Gasteiger partial charge in [-0.1, -0.05) is 17.7 Å². The number of nitro benzene ring substituents is 1. The van der Waals surface area contributed by atoms with Crippen molar-refractivity contribution in [2.24, 2.45) is 0 Å². The molecule has 1 aromatic heterocycles. The van der Waals surface area contributed by atoms with Crippen LogP contribution in [0.1, 0.15) is 21.7 Å². The molecular formula is C23H21N3O6. The molecule has 164 valence electrons. The zero-order chi connectivity index (χ0) is 23.1. The quantitative estimate of drug-likeness (QED) is 0.283. The third-order valence-electron chi connectivity index (χ3n) is 4.48. The van der Waals surface area contributed by atoms with Crippen LogP contribution in [0.25, 0.3) is 17.4 Å². The summed E-state index contributed by atoms with van der Waals surface area (Å²) < 4.78 is 5.73. The standard InChI is InChI=1S/C23H21N3O6/c1-15-2-4-17(5-3-15)22(28)25-20(23(29)24-12-13-27)14-19-10-11-21(32-19)16-6-8-18(9-7-16)26(30)31/h2-11,14,27H,12-13H2,1H3,(H,24,29)(H,25,28). The first-order valence-corrected chi connectivity index (χ1v) is 9.71. The van der Waals surface area contributed by atoms with Crippen LogP contribution in [0.2, 0.25) is 0 Å². The minimum atomic E-state index is -0.590. The van der Waals surface area contributed by atoms with Gasteiger partial charge in [-0.25, -0.2) is 0 Å². The molecule has 0 unspecified atom stereocenters. The van der Waals surface area contributed by atoms with Crippen molar-refractivity contribution in [3.63, 3.8) is 0 Å². The van der Waals surface area contributed by atoms with Gasteiger partial charge in [-0.05, 0) is 43.3 Å². The lowest BCUT2D eigenvalue weighted by molar-refractivity contribution is -0.384. The van der Waals surface area contributed by atoms with Gasteiger partial charge in [0.1, 0.15) is 17.2 Å². The van der Waals surface area contributed by atoms with E-state index in [0.29, 0.717) is 16.9 Å². The Bertz CT molecular complexity index is 1150. The molecule has 3 N–H and O–H groups in total. The first-order valence-electron chi connectivity index (χ1n) is 9.71. The predicted molar refractivity (Wildman–Crippen MR) is 118 cm³/mol. The first-order chi connectivity index (χ1) is 15.4. The van der Waals surface area contributed by atoms with Gasteiger partial charge in [0, 0.05) is 35.9 Å². The number of carbonyl (C=O) groups is 2. The molecule has 0 saturated carbocycles. The van der Waals surface area contributed by atoms with Crippen LogP contribution in [0, 0.1) is 17.0 Å². The average Bonchev–Trinajstić information content (AvgIpc) is 3.26. The minimum Gasteiger partial charge on any atom is -0.457 e. The number of rotatable bonds is 8. The van der Waals surface area contributed by atoms with Gasteiger partial charge in [0.25, 0.3) is 17.5 Å². The van der Waals surface area contributed by atoms with Crippen molar-refractivity contribution >= 4 is 23.6 Å². The van der Waals surface area contributed by atoms with Crippen molar-refractivity contribution in [2.75, 3.05) is 13.2 Å². The third kappa shape index (κ3) is 5.67. The number of hydrogen-bond acceptors (Lipinski definition) is 6. The van der Waals surface area contributed by atoms with Crippen LogP contribution >= 0.6 is 0 Å². The topological polar surface area (TPSA) is 135 Å². The van der Waals surface area contributed by atoms with E-state index in [1.807, 2.05) is 6.92 Å². The number of amides is 2. The van der Waals surface area contributed by atoms with Gasteiger partial charge >= 0.3 is 0 Å². The molecule has 9 heteroatoms. The number of furan rings is 1. The number of carbonyl (C=O) groups excluding carboxylic acids is 2. The van der Waals surface area contributed by atoms with E-state index in [1.165, 1.54) is 18.2 Å². The van der Waals surface area contributed by atoms with E-state index in [2.05, 4.69) is 10.6 Å². The lowest BCUT2D eigenvalue weighted by atomic mass is 10.1. The van der Waals surface area contributed by atoms with E-state index in [4.69, 9.17) is 9.52 Å². The van der Waals surface area contributed by atoms with Gasteiger partial charge in [-0.2, -0.15) is 0 Å². The van der Waals surface area contributed by atoms with Crippen LogP contribution in [0.3, 0.4) is 0 Å². The molecule has 0 bridgehead atoms. The molecule has 0 saturated heterocycles. The van der Waals surface area contributed by atoms with Crippen LogP contribution in [-0.4, -0.2) is 35.0 Å². The molecule has 0 aliphatic rings. The Morgan fingerprint density at radius 2 is 1.75 bits per heavy atom. The maximum Gasteiger partial charge on any atom is 0.269 e. The van der Waals surface area contributed by atoms with E-state index in [0.717, 1.165) is 5.56 Å². The van der Waals surface area contributed by atoms with E-state index >= 15 is 0 Å². The van der Waals surface area contributed by atoms with Crippen molar-refractivity contribution in [1.82, 2.24) is 10.6 Å². The van der Waals surface area contributed by atoms with Gasteiger partial charge in [0.15, 0.2) is 0 Å². The molecule has 0 fully saturated rings. The van der Waals surface area contributed by atoms with Crippen LogP contribution < -0.4 is 10.6 Å². The lowest BCUT2D eigenvalue weighted by Gasteiger charge is -2.10. The highest BCUT2D eigenvalue weighted by molar-refractivity contribution is 6.05. The minimum absolute atomic E-state index is 0.0166. The normalized spacial score (nSPS) is 11.1. The number of nitrogens with zero attached hydrogens (tertiary/aromatic N) is 1. The summed E-state index contributed by atoms with van der Waals surface area (Å²) in [6, 6.07) is 16.0. The summed E-state index contributed by atoms with van der Waals surface area (Å²) in [6.45, 7) is 1.66. The summed E-state index contributed by atoms with van der Waals surface area (Å²) in [7, 11) is 0. The van der Waals surface area contributed by atoms with Crippen molar-refractivity contribution < 1.29 is 24.0 Å². The summed E-state index contributed by atoms with van der Waals surface area (Å²) in [5, 5.41) is 24.8. The van der Waals surface area contributed by atoms with Crippen molar-refractivity contribution in [1.29, 1.82) is 0 Å². The van der Waals surface area contributed by atoms with Gasteiger partial charge in [-0.15, -0.1) is 0 Å². The van der Waals surface area contributed by atoms with E-state index in [-0.39, 0.29) is 30.3 Å². The molecule has 2 amide bonds. The fraction of sp³-hybridized carbons (Fsp3) is 0.130. The fourth-order valence-corrected chi connectivity index (χ4v) is 2.80. The number of aliphatic hydroxyl groups is 1. The molecule has 3 aromatic rings. The molecule has 0 atom stereocenters. The number of aryl methyl sites for hydroxylation is 1. The smallest absolute Gasteiger partial charge is 0.269 e. The van der Waals surface area contributed by atoms with Gasteiger partial charge < -0.3 is 20.2 Å². The molecule has 0 spiro atoms. The predicted octanol–water partition coefficient (Wildman–Crippen LogP) is 3.04. The maximum absolute atomic E-state index is 12.6. The maximum atomic E-state index is 12.6. The number of hydrogen-bond donors (Lipinski definition) is 3. The molecule has 9 nitrogen and oxygen atoms in total. The molecule has 32 heavy (non-hydrogen) atoms. The third-order valence-corrected chi connectivity index (χ3v) is 4.48. The highest BCUT2D eigenvalue weighted by Gasteiger charge is 2.16. The van der Waals surface area contributed by atoms with Crippen LogP contribution in [-0.2, 0) is 4.79 Å².